The molecule has 3 aromatic carbocycles. The van der Waals surface area contributed by atoms with Crippen molar-refractivity contribution in [1.82, 2.24) is 14.9 Å². The van der Waals surface area contributed by atoms with Gasteiger partial charge in [-0.05, 0) is 80.3 Å². The number of nitrogens with one attached hydrogen (secondary N) is 1. The third-order valence-corrected chi connectivity index (χ3v) is 6.52. The number of nitrogens with zero attached hydrogens (tertiary/aromatic N) is 2. The van der Waals surface area contributed by atoms with Crippen LogP contribution in [0.1, 0.15) is 47.4 Å². The van der Waals surface area contributed by atoms with Gasteiger partial charge in [-0.3, -0.25) is 4.79 Å². The van der Waals surface area contributed by atoms with Crippen LogP contribution in [0, 0.1) is 6.92 Å². The van der Waals surface area contributed by atoms with Crippen molar-refractivity contribution < 1.29 is 9.53 Å². The molecule has 6 heteroatoms. The van der Waals surface area contributed by atoms with E-state index in [4.69, 9.17) is 9.72 Å². The zero-order valence-electron chi connectivity index (χ0n) is 20.2. The number of hydrogen-bond donors (Lipinski definition) is 1. The Hall–Kier alpha value is -3.12. The number of unbranched alkanes of at least 4 members (excludes halogenated alkanes) is 2. The Morgan fingerprint density at radius 3 is 2.63 bits per heavy atom. The Morgan fingerprint density at radius 2 is 1.80 bits per heavy atom. The van der Waals surface area contributed by atoms with Gasteiger partial charge in [0.15, 0.2) is 0 Å². The SMILES string of the molecule is Cc1cccc(OCCCn2c(CCCCCNC(=O)c3ccc(Br)cc3)nc3ccccc32)c1. The number of ether oxygens (including phenoxy) is 1. The van der Waals surface area contributed by atoms with Crippen LogP contribution in [-0.2, 0) is 13.0 Å². The van der Waals surface area contributed by atoms with Crippen molar-refractivity contribution in [2.75, 3.05) is 13.2 Å². The number of amides is 1. The summed E-state index contributed by atoms with van der Waals surface area (Å²) in [6.07, 6.45) is 4.88. The second-order valence-electron chi connectivity index (χ2n) is 8.76. The second kappa shape index (κ2) is 12.5. The molecule has 182 valence electrons. The quantitative estimate of drug-likeness (QED) is 0.205. The van der Waals surface area contributed by atoms with E-state index in [1.807, 2.05) is 42.5 Å². The van der Waals surface area contributed by atoms with E-state index in [1.165, 1.54) is 11.1 Å². The standard InChI is InChI=1S/C29H32BrN3O2/c1-22-9-7-10-25(21-22)35-20-8-19-33-27-12-5-4-11-26(27)32-28(33)13-3-2-6-18-31-29(34)23-14-16-24(30)17-15-23/h4-5,7,9-12,14-17,21H,2-3,6,8,13,18-20H2,1H3,(H,31,34). The van der Waals surface area contributed by atoms with E-state index >= 15 is 0 Å². The molecule has 0 aliphatic carbocycles. The average Bonchev–Trinajstić information content (AvgIpc) is 3.21. The van der Waals surface area contributed by atoms with E-state index in [1.54, 1.807) is 0 Å². The topological polar surface area (TPSA) is 56.1 Å². The van der Waals surface area contributed by atoms with Gasteiger partial charge in [-0.1, -0.05) is 46.6 Å². The van der Waals surface area contributed by atoms with Crippen molar-refractivity contribution in [3.05, 3.63) is 94.2 Å². The van der Waals surface area contributed by atoms with E-state index in [-0.39, 0.29) is 5.91 Å². The average molecular weight is 534 g/mol. The molecule has 1 N–H and O–H groups in total. The molecule has 1 amide bonds. The largest absolute Gasteiger partial charge is 0.494 e. The molecule has 0 unspecified atom stereocenters. The maximum Gasteiger partial charge on any atom is 0.251 e. The lowest BCUT2D eigenvalue weighted by Crippen LogP contribution is -2.24. The number of imidazole rings is 1. The minimum atomic E-state index is -0.0211. The van der Waals surface area contributed by atoms with Crippen molar-refractivity contribution in [2.24, 2.45) is 0 Å². The number of aromatic nitrogens is 2. The number of fused-ring (bicyclic) bond motifs is 1. The monoisotopic (exact) mass is 533 g/mol. The number of rotatable bonds is 12. The summed E-state index contributed by atoms with van der Waals surface area (Å²) >= 11 is 3.40. The molecule has 35 heavy (non-hydrogen) atoms. The van der Waals surface area contributed by atoms with Gasteiger partial charge in [0.05, 0.1) is 17.6 Å². The minimum absolute atomic E-state index is 0.0211. The number of halogens is 1. The first-order valence-electron chi connectivity index (χ1n) is 12.3. The van der Waals surface area contributed by atoms with Gasteiger partial charge in [0.1, 0.15) is 11.6 Å². The summed E-state index contributed by atoms with van der Waals surface area (Å²) in [4.78, 5) is 17.1. The van der Waals surface area contributed by atoms with Gasteiger partial charge in [-0.15, -0.1) is 0 Å². The lowest BCUT2D eigenvalue weighted by molar-refractivity contribution is 0.0953. The molecular weight excluding hydrogens is 502 g/mol. The molecule has 0 atom stereocenters. The fourth-order valence-electron chi connectivity index (χ4n) is 4.17. The lowest BCUT2D eigenvalue weighted by atomic mass is 10.1. The predicted molar refractivity (Wildman–Crippen MR) is 145 cm³/mol. The highest BCUT2D eigenvalue weighted by Crippen LogP contribution is 2.19. The Balaban J connectivity index is 1.24. The first-order valence-corrected chi connectivity index (χ1v) is 13.1. The second-order valence-corrected chi connectivity index (χ2v) is 9.68. The van der Waals surface area contributed by atoms with E-state index in [2.05, 4.69) is 63.1 Å². The van der Waals surface area contributed by atoms with E-state index in [9.17, 15) is 4.79 Å². The van der Waals surface area contributed by atoms with Crippen LogP contribution in [0.15, 0.2) is 77.3 Å². The van der Waals surface area contributed by atoms with Crippen LogP contribution < -0.4 is 10.1 Å². The minimum Gasteiger partial charge on any atom is -0.494 e. The smallest absolute Gasteiger partial charge is 0.251 e. The van der Waals surface area contributed by atoms with Crippen molar-refractivity contribution in [3.8, 4) is 5.75 Å². The number of carbonyl (C=O) groups excluding carboxylic acids is 1. The normalized spacial score (nSPS) is 11.0. The first kappa shape index (κ1) is 25.0. The molecule has 0 saturated carbocycles. The van der Waals surface area contributed by atoms with Crippen molar-refractivity contribution in [3.63, 3.8) is 0 Å². The Labute approximate surface area is 215 Å². The highest BCUT2D eigenvalue weighted by atomic mass is 79.9. The molecule has 1 heterocycles. The number of hydrogen-bond acceptors (Lipinski definition) is 3. The molecule has 0 aliphatic heterocycles. The van der Waals surface area contributed by atoms with E-state index < -0.39 is 0 Å². The highest BCUT2D eigenvalue weighted by molar-refractivity contribution is 9.10. The lowest BCUT2D eigenvalue weighted by Gasteiger charge is -2.11. The summed E-state index contributed by atoms with van der Waals surface area (Å²) in [6, 6.07) is 23.9. The molecule has 5 nitrogen and oxygen atoms in total. The number of carbonyl (C=O) groups is 1. The third kappa shape index (κ3) is 7.18. The van der Waals surface area contributed by atoms with Gasteiger partial charge in [-0.2, -0.15) is 0 Å². The van der Waals surface area contributed by atoms with Crippen LogP contribution in [0.3, 0.4) is 0 Å². The molecule has 0 bridgehead atoms. The summed E-state index contributed by atoms with van der Waals surface area (Å²) < 4.78 is 9.26. The molecule has 0 spiro atoms. The number of aryl methyl sites for hydroxylation is 3. The fourth-order valence-corrected chi connectivity index (χ4v) is 4.44. The maximum atomic E-state index is 12.2. The number of benzene rings is 3. The van der Waals surface area contributed by atoms with Crippen LogP contribution in [0.2, 0.25) is 0 Å². The zero-order chi connectivity index (χ0) is 24.5. The molecule has 0 aliphatic rings. The van der Waals surface area contributed by atoms with Gasteiger partial charge in [-0.25, -0.2) is 4.98 Å². The van der Waals surface area contributed by atoms with Gasteiger partial charge < -0.3 is 14.6 Å². The molecule has 0 radical (unpaired) electrons. The zero-order valence-corrected chi connectivity index (χ0v) is 21.8. The molecule has 4 rings (SSSR count). The van der Waals surface area contributed by atoms with E-state index in [0.717, 1.165) is 60.2 Å². The summed E-state index contributed by atoms with van der Waals surface area (Å²) in [5.41, 5.74) is 4.12. The predicted octanol–water partition coefficient (Wildman–Crippen LogP) is 6.72. The van der Waals surface area contributed by atoms with Crippen LogP contribution in [0.5, 0.6) is 5.75 Å². The molecular formula is C29H32BrN3O2. The number of para-hydroxylation sites is 2. The fraction of sp³-hybridized carbons (Fsp3) is 0.310. The van der Waals surface area contributed by atoms with Gasteiger partial charge in [0, 0.05) is 29.5 Å². The third-order valence-electron chi connectivity index (χ3n) is 5.99. The van der Waals surface area contributed by atoms with Crippen molar-refractivity contribution in [1.29, 1.82) is 0 Å². The van der Waals surface area contributed by atoms with Crippen LogP contribution in [-0.4, -0.2) is 28.6 Å². The Kier molecular flexibility index (Phi) is 8.96. The first-order chi connectivity index (χ1) is 17.1. The van der Waals surface area contributed by atoms with Gasteiger partial charge in [0.2, 0.25) is 0 Å². The summed E-state index contributed by atoms with van der Waals surface area (Å²) in [5, 5.41) is 3.01. The summed E-state index contributed by atoms with van der Waals surface area (Å²) in [6.45, 7) is 4.31. The van der Waals surface area contributed by atoms with Crippen LogP contribution in [0.4, 0.5) is 0 Å². The van der Waals surface area contributed by atoms with Crippen molar-refractivity contribution in [2.45, 2.75) is 45.6 Å². The van der Waals surface area contributed by atoms with Gasteiger partial charge >= 0.3 is 0 Å². The molecule has 4 aromatic rings. The Bertz CT molecular complexity index is 1250. The van der Waals surface area contributed by atoms with Crippen LogP contribution >= 0.6 is 15.9 Å². The summed E-state index contributed by atoms with van der Waals surface area (Å²) in [7, 11) is 0. The molecule has 0 fully saturated rings. The van der Waals surface area contributed by atoms with E-state index in [0.29, 0.717) is 18.7 Å². The molecule has 1 aromatic heterocycles. The maximum absolute atomic E-state index is 12.2. The molecule has 0 saturated heterocycles. The summed E-state index contributed by atoms with van der Waals surface area (Å²) in [5.74, 6) is 2.03. The highest BCUT2D eigenvalue weighted by Gasteiger charge is 2.10. The van der Waals surface area contributed by atoms with Crippen molar-refractivity contribution >= 4 is 32.9 Å². The Morgan fingerprint density at radius 1 is 0.971 bits per heavy atom. The van der Waals surface area contributed by atoms with Gasteiger partial charge in [0.25, 0.3) is 5.91 Å². The van der Waals surface area contributed by atoms with Crippen LogP contribution in [0.25, 0.3) is 11.0 Å².